The van der Waals surface area contributed by atoms with E-state index in [1.54, 1.807) is 11.8 Å². The molecule has 0 bridgehead atoms. The topological polar surface area (TPSA) is 41.9 Å². The van der Waals surface area contributed by atoms with E-state index < -0.39 is 0 Å². The van der Waals surface area contributed by atoms with Crippen LogP contribution in [0.25, 0.3) is 6.08 Å². The fourth-order valence-corrected chi connectivity index (χ4v) is 7.02. The van der Waals surface area contributed by atoms with Gasteiger partial charge in [-0.25, -0.2) is 0 Å². The Kier molecular flexibility index (Phi) is 8.50. The Bertz CT molecular complexity index is 1090. The fraction of sp³-hybridized carbons (Fsp3) is 0.448. The summed E-state index contributed by atoms with van der Waals surface area (Å²) in [5.74, 6) is 1.00. The second kappa shape index (κ2) is 12.0. The maximum absolute atomic E-state index is 13.6. The minimum atomic E-state index is 0.135. The third-order valence-corrected chi connectivity index (χ3v) is 8.98. The molecule has 0 aromatic heterocycles. The molecule has 0 radical (unpaired) electrons. The summed E-state index contributed by atoms with van der Waals surface area (Å²) in [7, 11) is 0. The van der Waals surface area contributed by atoms with Gasteiger partial charge in [-0.15, -0.1) is 0 Å². The number of ether oxygens (including phenoxy) is 1. The van der Waals surface area contributed by atoms with E-state index in [9.17, 15) is 4.79 Å². The molecule has 1 amide bonds. The molecule has 6 heteroatoms. The first-order valence-corrected chi connectivity index (χ1v) is 14.8. The SMILES string of the molecule is O=C1C(=Cc2ccc(OCc3ccccc3)c(I)c2)SC(=NC2CCCCC2)N1C1CCCCC1. The lowest BCUT2D eigenvalue weighted by Gasteiger charge is -2.31. The van der Waals surface area contributed by atoms with Crippen LogP contribution in [0.5, 0.6) is 5.75 Å². The van der Waals surface area contributed by atoms with Crippen LogP contribution in [-0.2, 0) is 11.4 Å². The van der Waals surface area contributed by atoms with E-state index in [0.29, 0.717) is 18.7 Å². The maximum Gasteiger partial charge on any atom is 0.266 e. The Hall–Kier alpha value is -1.80. The first kappa shape index (κ1) is 24.9. The van der Waals surface area contributed by atoms with Crippen molar-refractivity contribution in [2.24, 2.45) is 4.99 Å². The van der Waals surface area contributed by atoms with E-state index in [1.807, 2.05) is 41.3 Å². The quantitative estimate of drug-likeness (QED) is 0.251. The number of carbonyl (C=O) groups excluding carboxylic acids is 1. The number of amides is 1. The molecule has 2 aliphatic carbocycles. The number of hydrogen-bond acceptors (Lipinski definition) is 4. The summed E-state index contributed by atoms with van der Waals surface area (Å²) in [4.78, 5) is 21.6. The van der Waals surface area contributed by atoms with Crippen molar-refractivity contribution in [2.45, 2.75) is 82.9 Å². The van der Waals surface area contributed by atoms with Crippen LogP contribution in [0.2, 0.25) is 0 Å². The Balaban J connectivity index is 1.34. The lowest BCUT2D eigenvalue weighted by Crippen LogP contribution is -2.41. The Morgan fingerprint density at radius 3 is 2.40 bits per heavy atom. The highest BCUT2D eigenvalue weighted by Gasteiger charge is 2.39. The molecule has 0 atom stereocenters. The number of amidine groups is 1. The van der Waals surface area contributed by atoms with Gasteiger partial charge in [-0.05, 0) is 89.4 Å². The van der Waals surface area contributed by atoms with Crippen LogP contribution in [0.4, 0.5) is 0 Å². The molecule has 0 unspecified atom stereocenters. The number of halogens is 1. The molecule has 1 saturated heterocycles. The highest BCUT2D eigenvalue weighted by atomic mass is 127. The molecule has 0 N–H and O–H groups in total. The molecule has 2 saturated carbocycles. The zero-order chi connectivity index (χ0) is 24.0. The van der Waals surface area contributed by atoms with Crippen LogP contribution < -0.4 is 4.74 Å². The molecule has 35 heavy (non-hydrogen) atoms. The summed E-state index contributed by atoms with van der Waals surface area (Å²) < 4.78 is 7.08. The first-order chi connectivity index (χ1) is 17.2. The van der Waals surface area contributed by atoms with Gasteiger partial charge in [0.1, 0.15) is 12.4 Å². The third kappa shape index (κ3) is 6.31. The zero-order valence-corrected chi connectivity index (χ0v) is 23.1. The van der Waals surface area contributed by atoms with Crippen LogP contribution >= 0.6 is 34.4 Å². The molecule has 1 aliphatic heterocycles. The van der Waals surface area contributed by atoms with Gasteiger partial charge in [0.25, 0.3) is 5.91 Å². The van der Waals surface area contributed by atoms with Crippen LogP contribution in [0.1, 0.15) is 75.3 Å². The minimum absolute atomic E-state index is 0.135. The van der Waals surface area contributed by atoms with Gasteiger partial charge in [-0.1, -0.05) is 74.9 Å². The molecular weight excluding hydrogens is 567 g/mol. The lowest BCUT2D eigenvalue weighted by atomic mass is 9.94. The van der Waals surface area contributed by atoms with Crippen molar-refractivity contribution in [3.63, 3.8) is 0 Å². The Labute approximate surface area is 226 Å². The summed E-state index contributed by atoms with van der Waals surface area (Å²) >= 11 is 3.90. The predicted octanol–water partition coefficient (Wildman–Crippen LogP) is 7.81. The maximum atomic E-state index is 13.6. The number of rotatable bonds is 6. The summed E-state index contributed by atoms with van der Waals surface area (Å²) in [5.41, 5.74) is 2.18. The number of hydrogen-bond donors (Lipinski definition) is 0. The van der Waals surface area contributed by atoms with Gasteiger partial charge in [0.15, 0.2) is 5.17 Å². The number of aliphatic imine (C=N–C) groups is 1. The van der Waals surface area contributed by atoms with Crippen LogP contribution in [0.3, 0.4) is 0 Å². The van der Waals surface area contributed by atoms with Gasteiger partial charge in [-0.2, -0.15) is 0 Å². The largest absolute Gasteiger partial charge is 0.488 e. The van der Waals surface area contributed by atoms with Crippen molar-refractivity contribution in [1.29, 1.82) is 0 Å². The van der Waals surface area contributed by atoms with E-state index in [-0.39, 0.29) is 5.91 Å². The van der Waals surface area contributed by atoms with Crippen LogP contribution in [0, 0.1) is 3.57 Å². The molecule has 4 nitrogen and oxygen atoms in total. The molecule has 3 fully saturated rings. The van der Waals surface area contributed by atoms with Gasteiger partial charge < -0.3 is 4.74 Å². The van der Waals surface area contributed by atoms with E-state index >= 15 is 0 Å². The second-order valence-electron chi connectivity index (χ2n) is 9.75. The standard InChI is InChI=1S/C29H33IN2O2S/c30-25-18-22(16-17-26(25)34-20-21-10-4-1-5-11-21)19-27-28(33)32(24-14-8-3-9-15-24)29(35-27)31-23-12-6-2-7-13-23/h1,4-5,10-11,16-19,23-24H,2-3,6-9,12-15,20H2. The van der Waals surface area contributed by atoms with E-state index in [4.69, 9.17) is 9.73 Å². The van der Waals surface area contributed by atoms with Gasteiger partial charge in [0.05, 0.1) is 14.5 Å². The molecule has 2 aromatic rings. The summed E-state index contributed by atoms with van der Waals surface area (Å²) in [6, 6.07) is 17.0. The highest BCUT2D eigenvalue weighted by molar-refractivity contribution is 14.1. The van der Waals surface area contributed by atoms with Crippen molar-refractivity contribution >= 4 is 51.5 Å². The number of benzene rings is 2. The van der Waals surface area contributed by atoms with Crippen molar-refractivity contribution in [1.82, 2.24) is 4.90 Å². The van der Waals surface area contributed by atoms with Crippen molar-refractivity contribution in [2.75, 3.05) is 0 Å². The van der Waals surface area contributed by atoms with Gasteiger partial charge >= 0.3 is 0 Å². The van der Waals surface area contributed by atoms with Crippen molar-refractivity contribution in [3.8, 4) is 5.75 Å². The zero-order valence-electron chi connectivity index (χ0n) is 20.1. The molecule has 2 aromatic carbocycles. The third-order valence-electron chi connectivity index (χ3n) is 7.14. The van der Waals surface area contributed by atoms with Gasteiger partial charge in [0.2, 0.25) is 0 Å². The molecule has 1 heterocycles. The fourth-order valence-electron chi connectivity index (χ4n) is 5.21. The average Bonchev–Trinajstić information content (AvgIpc) is 3.19. The molecule has 0 spiro atoms. The summed E-state index contributed by atoms with van der Waals surface area (Å²) in [5, 5.41) is 0.942. The number of nitrogens with zero attached hydrogens (tertiary/aromatic N) is 2. The summed E-state index contributed by atoms with van der Waals surface area (Å²) in [6.45, 7) is 0.545. The van der Waals surface area contributed by atoms with Crippen molar-refractivity contribution in [3.05, 3.63) is 68.1 Å². The average molecular weight is 601 g/mol. The van der Waals surface area contributed by atoms with Crippen LogP contribution in [0.15, 0.2) is 58.4 Å². The lowest BCUT2D eigenvalue weighted by molar-refractivity contribution is -0.124. The minimum Gasteiger partial charge on any atom is -0.488 e. The van der Waals surface area contributed by atoms with Gasteiger partial charge in [-0.3, -0.25) is 14.7 Å². The van der Waals surface area contributed by atoms with E-state index in [1.165, 1.54) is 38.5 Å². The van der Waals surface area contributed by atoms with Crippen molar-refractivity contribution < 1.29 is 9.53 Å². The first-order valence-electron chi connectivity index (χ1n) is 12.9. The highest BCUT2D eigenvalue weighted by Crippen LogP contribution is 2.39. The molecular formula is C29H33IN2O2S. The number of carbonyl (C=O) groups is 1. The smallest absolute Gasteiger partial charge is 0.266 e. The normalized spacial score (nSPS) is 22.3. The van der Waals surface area contributed by atoms with Gasteiger partial charge in [0, 0.05) is 6.04 Å². The summed E-state index contributed by atoms with van der Waals surface area (Å²) in [6.07, 6.45) is 14.0. The Morgan fingerprint density at radius 1 is 0.971 bits per heavy atom. The molecule has 184 valence electrons. The molecule has 5 rings (SSSR count). The second-order valence-corrected chi connectivity index (χ2v) is 11.9. The monoisotopic (exact) mass is 600 g/mol. The number of thioether (sulfide) groups is 1. The predicted molar refractivity (Wildman–Crippen MR) is 154 cm³/mol. The van der Waals surface area contributed by atoms with Crippen LogP contribution in [-0.4, -0.2) is 28.1 Å². The molecule has 3 aliphatic rings. The Morgan fingerprint density at radius 2 is 1.69 bits per heavy atom. The van der Waals surface area contributed by atoms with E-state index in [0.717, 1.165) is 56.2 Å². The van der Waals surface area contributed by atoms with E-state index in [2.05, 4.69) is 40.8 Å².